The monoisotopic (exact) mass is 296 g/mol. The topological polar surface area (TPSA) is 92.5 Å². The average molecular weight is 296 g/mol. The summed E-state index contributed by atoms with van der Waals surface area (Å²) in [6.07, 6.45) is 2.85. The van der Waals surface area contributed by atoms with Crippen molar-refractivity contribution in [3.63, 3.8) is 0 Å². The fourth-order valence-electron chi connectivity index (χ4n) is 2.78. The standard InChI is InChI=1S/C14H17FN2O4/c1-14(13(18)19)5-3-2-4-12(14)16-10-6-9(15)7-11(8-10)17(20)21/h6-8,12,16H,2-5H2,1H3,(H,18,19). The van der Waals surface area contributed by atoms with Crippen LogP contribution in [0.4, 0.5) is 15.8 Å². The van der Waals surface area contributed by atoms with Crippen LogP contribution in [0.3, 0.4) is 0 Å². The predicted octanol–water partition coefficient (Wildman–Crippen LogP) is 3.18. The van der Waals surface area contributed by atoms with E-state index in [0.717, 1.165) is 25.0 Å². The molecule has 1 aliphatic rings. The summed E-state index contributed by atoms with van der Waals surface area (Å²) in [5, 5.41) is 23.1. The van der Waals surface area contributed by atoms with Crippen LogP contribution in [-0.2, 0) is 4.79 Å². The molecular weight excluding hydrogens is 279 g/mol. The molecule has 0 saturated heterocycles. The van der Waals surface area contributed by atoms with Crippen LogP contribution in [0.15, 0.2) is 18.2 Å². The number of nitro groups is 1. The SMILES string of the molecule is CC1(C(=O)O)CCCCC1Nc1cc(F)cc([N+](=O)[O-])c1. The zero-order valence-electron chi connectivity index (χ0n) is 11.6. The summed E-state index contributed by atoms with van der Waals surface area (Å²) in [4.78, 5) is 21.6. The summed E-state index contributed by atoms with van der Waals surface area (Å²) in [6.45, 7) is 1.65. The van der Waals surface area contributed by atoms with E-state index in [0.29, 0.717) is 12.8 Å². The van der Waals surface area contributed by atoms with Gasteiger partial charge in [-0.1, -0.05) is 12.8 Å². The van der Waals surface area contributed by atoms with Crippen LogP contribution in [0, 0.1) is 21.3 Å². The number of non-ortho nitro benzene ring substituents is 1. The second-order valence-corrected chi connectivity index (χ2v) is 5.62. The van der Waals surface area contributed by atoms with Gasteiger partial charge < -0.3 is 10.4 Å². The molecule has 1 aromatic carbocycles. The Bertz CT molecular complexity index is 578. The van der Waals surface area contributed by atoms with E-state index in [1.807, 2.05) is 0 Å². The first-order valence-electron chi connectivity index (χ1n) is 6.78. The number of carboxylic acid groups (broad SMARTS) is 1. The minimum Gasteiger partial charge on any atom is -0.481 e. The molecule has 0 radical (unpaired) electrons. The molecule has 0 bridgehead atoms. The highest BCUT2D eigenvalue weighted by atomic mass is 19.1. The fourth-order valence-corrected chi connectivity index (χ4v) is 2.78. The maximum absolute atomic E-state index is 13.4. The molecule has 1 aliphatic carbocycles. The number of rotatable bonds is 4. The number of halogens is 1. The molecular formula is C14H17FN2O4. The first-order chi connectivity index (χ1) is 9.83. The summed E-state index contributed by atoms with van der Waals surface area (Å²) in [5.74, 6) is -1.63. The van der Waals surface area contributed by atoms with Crippen molar-refractivity contribution >= 4 is 17.3 Å². The molecule has 0 aromatic heterocycles. The van der Waals surface area contributed by atoms with Gasteiger partial charge >= 0.3 is 5.97 Å². The number of hydrogen-bond acceptors (Lipinski definition) is 4. The van der Waals surface area contributed by atoms with Gasteiger partial charge in [0.1, 0.15) is 5.82 Å². The van der Waals surface area contributed by atoms with E-state index in [9.17, 15) is 24.4 Å². The Hall–Kier alpha value is -2.18. The first kappa shape index (κ1) is 15.2. The predicted molar refractivity (Wildman–Crippen MR) is 74.7 cm³/mol. The van der Waals surface area contributed by atoms with Crippen molar-refractivity contribution in [3.8, 4) is 0 Å². The lowest BCUT2D eigenvalue weighted by atomic mass is 9.71. The van der Waals surface area contributed by atoms with Gasteiger partial charge in [0.05, 0.1) is 16.4 Å². The molecule has 114 valence electrons. The molecule has 0 amide bonds. The van der Waals surface area contributed by atoms with Crippen molar-refractivity contribution in [1.82, 2.24) is 0 Å². The Morgan fingerprint density at radius 1 is 1.48 bits per heavy atom. The quantitative estimate of drug-likeness (QED) is 0.657. The Morgan fingerprint density at radius 2 is 2.19 bits per heavy atom. The Kier molecular flexibility index (Phi) is 4.11. The summed E-state index contributed by atoms with van der Waals surface area (Å²) in [5.41, 5.74) is -1.08. The summed E-state index contributed by atoms with van der Waals surface area (Å²) in [6, 6.07) is 2.82. The number of aliphatic carboxylic acids is 1. The number of anilines is 1. The summed E-state index contributed by atoms with van der Waals surface area (Å²) >= 11 is 0. The second-order valence-electron chi connectivity index (χ2n) is 5.62. The second kappa shape index (κ2) is 5.67. The van der Waals surface area contributed by atoms with E-state index in [-0.39, 0.29) is 17.4 Å². The molecule has 0 aliphatic heterocycles. The van der Waals surface area contributed by atoms with Crippen LogP contribution in [0.2, 0.25) is 0 Å². The largest absolute Gasteiger partial charge is 0.481 e. The zero-order chi connectivity index (χ0) is 15.6. The molecule has 1 fully saturated rings. The molecule has 0 spiro atoms. The molecule has 6 nitrogen and oxygen atoms in total. The number of nitrogens with zero attached hydrogens (tertiary/aromatic N) is 1. The van der Waals surface area contributed by atoms with Crippen molar-refractivity contribution in [3.05, 3.63) is 34.1 Å². The molecule has 1 aromatic rings. The van der Waals surface area contributed by atoms with Crippen molar-refractivity contribution in [2.45, 2.75) is 38.6 Å². The summed E-state index contributed by atoms with van der Waals surface area (Å²) < 4.78 is 13.4. The van der Waals surface area contributed by atoms with E-state index in [1.54, 1.807) is 6.92 Å². The lowest BCUT2D eigenvalue weighted by Crippen LogP contribution is -2.46. The van der Waals surface area contributed by atoms with Crippen LogP contribution in [0.5, 0.6) is 0 Å². The Labute approximate surface area is 121 Å². The summed E-state index contributed by atoms with van der Waals surface area (Å²) in [7, 11) is 0. The maximum Gasteiger partial charge on any atom is 0.311 e. The fraction of sp³-hybridized carbons (Fsp3) is 0.500. The van der Waals surface area contributed by atoms with E-state index in [4.69, 9.17) is 0 Å². The number of benzene rings is 1. The maximum atomic E-state index is 13.4. The average Bonchev–Trinajstić information content (AvgIpc) is 2.40. The zero-order valence-corrected chi connectivity index (χ0v) is 11.6. The normalized spacial score (nSPS) is 25.3. The van der Waals surface area contributed by atoms with Gasteiger partial charge in [-0.05, 0) is 25.8 Å². The van der Waals surface area contributed by atoms with Crippen molar-refractivity contribution in [1.29, 1.82) is 0 Å². The van der Waals surface area contributed by atoms with Gasteiger partial charge in [0, 0.05) is 17.8 Å². The highest BCUT2D eigenvalue weighted by molar-refractivity contribution is 5.76. The van der Waals surface area contributed by atoms with Crippen molar-refractivity contribution < 1.29 is 19.2 Å². The van der Waals surface area contributed by atoms with Gasteiger partial charge in [-0.15, -0.1) is 0 Å². The van der Waals surface area contributed by atoms with Crippen molar-refractivity contribution in [2.24, 2.45) is 5.41 Å². The smallest absolute Gasteiger partial charge is 0.311 e. The van der Waals surface area contributed by atoms with Gasteiger partial charge in [-0.25, -0.2) is 4.39 Å². The highest BCUT2D eigenvalue weighted by Gasteiger charge is 2.43. The van der Waals surface area contributed by atoms with Gasteiger partial charge in [-0.2, -0.15) is 0 Å². The number of carboxylic acids is 1. The number of nitrogens with one attached hydrogen (secondary N) is 1. The van der Waals surface area contributed by atoms with Gasteiger partial charge in [0.25, 0.3) is 5.69 Å². The lowest BCUT2D eigenvalue weighted by molar-refractivity contribution is -0.385. The third-order valence-corrected chi connectivity index (χ3v) is 4.13. The third kappa shape index (κ3) is 3.12. The molecule has 2 unspecified atom stereocenters. The molecule has 1 saturated carbocycles. The van der Waals surface area contributed by atoms with Gasteiger partial charge in [-0.3, -0.25) is 14.9 Å². The van der Waals surface area contributed by atoms with Crippen LogP contribution in [0.1, 0.15) is 32.6 Å². The minimum absolute atomic E-state index is 0.237. The molecule has 2 N–H and O–H groups in total. The van der Waals surface area contributed by atoms with Crippen LogP contribution in [-0.4, -0.2) is 22.0 Å². The van der Waals surface area contributed by atoms with Gasteiger partial charge in [0.15, 0.2) is 0 Å². The van der Waals surface area contributed by atoms with Crippen LogP contribution < -0.4 is 5.32 Å². The highest BCUT2D eigenvalue weighted by Crippen LogP contribution is 2.38. The Balaban J connectivity index is 2.27. The lowest BCUT2D eigenvalue weighted by Gasteiger charge is -2.38. The number of nitro benzene ring substituents is 1. The minimum atomic E-state index is -0.959. The third-order valence-electron chi connectivity index (χ3n) is 4.13. The van der Waals surface area contributed by atoms with Gasteiger partial charge in [0.2, 0.25) is 0 Å². The van der Waals surface area contributed by atoms with E-state index in [1.165, 1.54) is 6.07 Å². The van der Waals surface area contributed by atoms with E-state index < -0.39 is 22.1 Å². The molecule has 0 heterocycles. The molecule has 7 heteroatoms. The first-order valence-corrected chi connectivity index (χ1v) is 6.78. The number of carbonyl (C=O) groups is 1. The molecule has 21 heavy (non-hydrogen) atoms. The molecule has 2 atom stereocenters. The Morgan fingerprint density at radius 3 is 2.81 bits per heavy atom. The van der Waals surface area contributed by atoms with Crippen LogP contribution in [0.25, 0.3) is 0 Å². The number of hydrogen-bond donors (Lipinski definition) is 2. The van der Waals surface area contributed by atoms with Crippen LogP contribution >= 0.6 is 0 Å². The van der Waals surface area contributed by atoms with Crippen molar-refractivity contribution in [2.75, 3.05) is 5.32 Å². The molecule has 2 rings (SSSR count). The van der Waals surface area contributed by atoms with E-state index >= 15 is 0 Å². The van der Waals surface area contributed by atoms with E-state index in [2.05, 4.69) is 5.32 Å².